The monoisotopic (exact) mass is 407 g/mol. The predicted molar refractivity (Wildman–Crippen MR) is 94.7 cm³/mol. The molecule has 0 radical (unpaired) electrons. The summed E-state index contributed by atoms with van der Waals surface area (Å²) in [5.41, 5.74) is -0.931. The Morgan fingerprint density at radius 2 is 2.14 bits per heavy atom. The number of nitrogens with zero attached hydrogens (tertiary/aromatic N) is 3. The summed E-state index contributed by atoms with van der Waals surface area (Å²) in [6, 6.07) is 6.47. The molecule has 0 spiro atoms. The molecular weight excluding hydrogens is 394 g/mol. The molecule has 28 heavy (non-hydrogen) atoms. The number of fused-ring (bicyclic) bond motifs is 1. The molecule has 9 heteroatoms. The van der Waals surface area contributed by atoms with Gasteiger partial charge in [0.15, 0.2) is 4.96 Å². The molecule has 0 amide bonds. The Kier molecular flexibility index (Phi) is 4.27. The molecule has 0 N–H and O–H groups in total. The van der Waals surface area contributed by atoms with Crippen molar-refractivity contribution in [3.63, 3.8) is 0 Å². The van der Waals surface area contributed by atoms with Gasteiger partial charge in [0.1, 0.15) is 5.82 Å². The number of aromatic nitrogens is 2. The second-order valence-corrected chi connectivity index (χ2v) is 7.96. The number of rotatable bonds is 3. The second kappa shape index (κ2) is 6.41. The van der Waals surface area contributed by atoms with Gasteiger partial charge in [-0.25, -0.2) is 9.37 Å². The first-order valence-electron chi connectivity index (χ1n) is 8.47. The number of benzene rings is 1. The van der Waals surface area contributed by atoms with Gasteiger partial charge in [0, 0.05) is 29.0 Å². The number of hydrogen-bond acceptors (Lipinski definition) is 4. The van der Waals surface area contributed by atoms with E-state index in [0.29, 0.717) is 17.4 Å². The van der Waals surface area contributed by atoms with Crippen molar-refractivity contribution in [2.24, 2.45) is 5.92 Å². The quantitative estimate of drug-likeness (QED) is 0.603. The summed E-state index contributed by atoms with van der Waals surface area (Å²) in [4.78, 5) is 18.3. The van der Waals surface area contributed by atoms with Gasteiger partial charge in [0.25, 0.3) is 5.56 Å². The third-order valence-electron chi connectivity index (χ3n) is 4.85. The Morgan fingerprint density at radius 3 is 2.79 bits per heavy atom. The first-order valence-corrected chi connectivity index (χ1v) is 9.28. The number of aryl methyl sites for hydroxylation is 1. The van der Waals surface area contributed by atoms with Gasteiger partial charge in [-0.3, -0.25) is 9.20 Å². The van der Waals surface area contributed by atoms with Crippen LogP contribution in [0, 0.1) is 30.0 Å². The molecule has 2 unspecified atom stereocenters. The summed E-state index contributed by atoms with van der Waals surface area (Å²) >= 11 is 1.28. The van der Waals surface area contributed by atoms with Gasteiger partial charge >= 0.3 is 6.18 Å². The Labute approximate surface area is 160 Å². The van der Waals surface area contributed by atoms with Crippen molar-refractivity contribution in [2.45, 2.75) is 31.9 Å². The molecule has 0 aliphatic heterocycles. The summed E-state index contributed by atoms with van der Waals surface area (Å²) in [5, 5.41) is 9.06. The molecule has 144 valence electrons. The predicted octanol–water partition coefficient (Wildman–Crippen LogP) is 4.44. The lowest BCUT2D eigenvalue weighted by molar-refractivity contribution is -0.140. The zero-order valence-corrected chi connectivity index (χ0v) is 15.4. The molecule has 1 aliphatic carbocycles. The summed E-state index contributed by atoms with van der Waals surface area (Å²) < 4.78 is 54.4. The van der Waals surface area contributed by atoms with Crippen LogP contribution in [0.15, 0.2) is 29.1 Å². The van der Waals surface area contributed by atoms with Crippen molar-refractivity contribution in [3.8, 4) is 6.07 Å². The van der Waals surface area contributed by atoms with E-state index in [1.54, 1.807) is 0 Å². The zero-order chi connectivity index (χ0) is 20.2. The number of alkyl halides is 3. The summed E-state index contributed by atoms with van der Waals surface area (Å²) in [7, 11) is 0. The van der Waals surface area contributed by atoms with Crippen LogP contribution in [0.3, 0.4) is 0 Å². The fourth-order valence-electron chi connectivity index (χ4n) is 3.43. The van der Waals surface area contributed by atoms with E-state index in [0.717, 1.165) is 16.6 Å². The topological polar surface area (TPSA) is 58.2 Å². The number of hydrogen-bond donors (Lipinski definition) is 0. The van der Waals surface area contributed by atoms with Crippen molar-refractivity contribution >= 4 is 16.3 Å². The van der Waals surface area contributed by atoms with E-state index in [4.69, 9.17) is 5.26 Å². The van der Waals surface area contributed by atoms with E-state index in [-0.39, 0.29) is 35.1 Å². The van der Waals surface area contributed by atoms with Crippen molar-refractivity contribution in [1.29, 1.82) is 5.26 Å². The van der Waals surface area contributed by atoms with Crippen LogP contribution < -0.4 is 5.56 Å². The molecule has 1 fully saturated rings. The van der Waals surface area contributed by atoms with E-state index in [9.17, 15) is 22.4 Å². The van der Waals surface area contributed by atoms with Gasteiger partial charge in [-0.05, 0) is 25.0 Å². The molecule has 4 nitrogen and oxygen atoms in total. The smallest absolute Gasteiger partial charge is 0.269 e. The highest BCUT2D eigenvalue weighted by atomic mass is 32.1. The highest BCUT2D eigenvalue weighted by Gasteiger charge is 2.42. The van der Waals surface area contributed by atoms with Gasteiger partial charge in [-0.1, -0.05) is 12.1 Å². The fourth-order valence-corrected chi connectivity index (χ4v) is 4.49. The lowest BCUT2D eigenvalue weighted by atomic mass is 10.0. The van der Waals surface area contributed by atoms with Crippen LogP contribution in [0.25, 0.3) is 4.96 Å². The fraction of sp³-hybridized carbons (Fsp3) is 0.316. The standard InChI is InChI=1S/C19H13F4N3OS/c1-9-17(13-6-11(13)8-24)26-15(27)7-12(25-18(26)28-9)5-10-3-2-4-14(16(10)20)19(21,22)23/h2-4,7,11,13H,5-6H2,1H3. The van der Waals surface area contributed by atoms with Crippen molar-refractivity contribution < 1.29 is 17.6 Å². The molecule has 0 bridgehead atoms. The van der Waals surface area contributed by atoms with E-state index >= 15 is 0 Å². The molecular formula is C19H13F4N3OS. The van der Waals surface area contributed by atoms with Crippen LogP contribution in [0.4, 0.5) is 17.6 Å². The van der Waals surface area contributed by atoms with Gasteiger partial charge in [0.2, 0.25) is 0 Å². The SMILES string of the molecule is Cc1sc2nc(Cc3cccc(C(F)(F)F)c3F)cc(=O)n2c1C1CC1C#N. The van der Waals surface area contributed by atoms with E-state index in [2.05, 4.69) is 11.1 Å². The molecule has 0 saturated heterocycles. The van der Waals surface area contributed by atoms with Crippen LogP contribution in [-0.4, -0.2) is 9.38 Å². The normalized spacial score (nSPS) is 19.0. The van der Waals surface area contributed by atoms with Crippen molar-refractivity contribution in [2.75, 3.05) is 0 Å². The lowest BCUT2D eigenvalue weighted by Gasteiger charge is -2.11. The number of halogens is 4. The maximum Gasteiger partial charge on any atom is 0.419 e. The van der Waals surface area contributed by atoms with E-state index in [1.807, 2.05) is 6.92 Å². The third-order valence-corrected chi connectivity index (χ3v) is 5.82. The highest BCUT2D eigenvalue weighted by Crippen LogP contribution is 2.49. The minimum Gasteiger partial charge on any atom is -0.269 e. The third kappa shape index (κ3) is 3.07. The maximum atomic E-state index is 14.3. The average Bonchev–Trinajstić information content (AvgIpc) is 3.30. The lowest BCUT2D eigenvalue weighted by Crippen LogP contribution is -2.17. The van der Waals surface area contributed by atoms with Crippen LogP contribution in [-0.2, 0) is 12.6 Å². The first-order chi connectivity index (χ1) is 13.2. The summed E-state index contributed by atoms with van der Waals surface area (Å²) in [6.07, 6.45) is -4.33. The molecule has 2 atom stereocenters. The minimum absolute atomic E-state index is 0.00925. The van der Waals surface area contributed by atoms with E-state index < -0.39 is 17.6 Å². The molecule has 4 rings (SSSR count). The number of nitriles is 1. The van der Waals surface area contributed by atoms with Crippen LogP contribution in [0.1, 0.15) is 39.7 Å². The summed E-state index contributed by atoms with van der Waals surface area (Å²) in [6.45, 7) is 1.84. The zero-order valence-electron chi connectivity index (χ0n) is 14.5. The molecule has 1 aliphatic rings. The average molecular weight is 407 g/mol. The van der Waals surface area contributed by atoms with Gasteiger partial charge < -0.3 is 0 Å². The second-order valence-electron chi connectivity index (χ2n) is 6.78. The molecule has 2 aromatic heterocycles. The first kappa shape index (κ1) is 18.6. The molecule has 3 aromatic rings. The Bertz CT molecular complexity index is 1190. The van der Waals surface area contributed by atoms with Crippen molar-refractivity contribution in [1.82, 2.24) is 9.38 Å². The Balaban J connectivity index is 1.75. The molecule has 1 saturated carbocycles. The van der Waals surface area contributed by atoms with Crippen LogP contribution in [0.5, 0.6) is 0 Å². The van der Waals surface area contributed by atoms with Crippen molar-refractivity contribution in [3.05, 3.63) is 67.8 Å². The Hall–Kier alpha value is -2.73. The van der Waals surface area contributed by atoms with E-state index in [1.165, 1.54) is 27.9 Å². The van der Waals surface area contributed by atoms with Crippen LogP contribution >= 0.6 is 11.3 Å². The Morgan fingerprint density at radius 1 is 1.39 bits per heavy atom. The highest BCUT2D eigenvalue weighted by molar-refractivity contribution is 7.17. The maximum absolute atomic E-state index is 14.3. The minimum atomic E-state index is -4.79. The molecule has 1 aromatic carbocycles. The number of thiazole rings is 1. The summed E-state index contributed by atoms with van der Waals surface area (Å²) in [5.74, 6) is -1.48. The van der Waals surface area contributed by atoms with Gasteiger partial charge in [-0.15, -0.1) is 11.3 Å². The van der Waals surface area contributed by atoms with Gasteiger partial charge in [0.05, 0.1) is 23.2 Å². The largest absolute Gasteiger partial charge is 0.419 e. The van der Waals surface area contributed by atoms with Crippen LogP contribution in [0.2, 0.25) is 0 Å². The molecule has 2 heterocycles. The van der Waals surface area contributed by atoms with Gasteiger partial charge in [-0.2, -0.15) is 18.4 Å².